The number of hydrogen-bond donors (Lipinski definition) is 28. The van der Waals surface area contributed by atoms with Crippen molar-refractivity contribution >= 4 is 23.6 Å². The summed E-state index contributed by atoms with van der Waals surface area (Å²) in [4.78, 5) is 51.7. The van der Waals surface area contributed by atoms with Gasteiger partial charge >= 0.3 is 0 Å². The molecule has 674 valence electrons. The Labute approximate surface area is 665 Å². The Balaban J connectivity index is 0.904. The van der Waals surface area contributed by atoms with Crippen LogP contribution in [0.3, 0.4) is 0 Å². The summed E-state index contributed by atoms with van der Waals surface area (Å²) in [6.07, 6.45) is -78.4. The molecule has 45 atom stereocenters. The molecule has 4 amide bonds. The lowest BCUT2D eigenvalue weighted by Gasteiger charge is -2.56. The van der Waals surface area contributed by atoms with Gasteiger partial charge in [0, 0.05) is 40.5 Å². The van der Waals surface area contributed by atoms with Gasteiger partial charge < -0.3 is 224 Å². The second-order valence-electron chi connectivity index (χ2n) is 32.4. The lowest BCUT2D eigenvalue weighted by Crippen LogP contribution is -2.72. The second-order valence-corrected chi connectivity index (χ2v) is 32.4. The Kier molecular flexibility index (Phi) is 30.5. The van der Waals surface area contributed by atoms with Gasteiger partial charge in [0.1, 0.15) is 177 Å². The van der Waals surface area contributed by atoms with Crippen molar-refractivity contribution in [3.05, 3.63) is 0 Å². The molecule has 49 heteroatoms. The van der Waals surface area contributed by atoms with Crippen molar-refractivity contribution in [1.29, 1.82) is 0 Å². The number of aliphatic hydroxyl groups excluding tert-OH is 20. The van der Waals surface area contributed by atoms with Crippen molar-refractivity contribution in [2.24, 2.45) is 17.3 Å². The Morgan fingerprint density at radius 2 is 0.598 bits per heavy atom. The molecule has 0 aromatic carbocycles. The summed E-state index contributed by atoms with van der Waals surface area (Å²) in [5.41, 5.74) is -0.824. The maximum atomic E-state index is 13.2. The summed E-state index contributed by atoms with van der Waals surface area (Å²) in [6, 6.07) is -6.90. The third-order valence-corrected chi connectivity index (χ3v) is 23.0. The van der Waals surface area contributed by atoms with Crippen LogP contribution in [-0.4, -0.2) is 468 Å². The fourth-order valence-electron chi connectivity index (χ4n) is 17.0. The number of rotatable bonds is 27. The highest BCUT2D eigenvalue weighted by molar-refractivity contribution is 5.74. The number of aliphatic hydroxyl groups is 24. The smallest absolute Gasteiger partial charge is 0.217 e. The van der Waals surface area contributed by atoms with Crippen molar-refractivity contribution in [1.82, 2.24) is 21.3 Å². The number of ether oxygens (including phenoxy) is 17. The van der Waals surface area contributed by atoms with Gasteiger partial charge in [0.2, 0.25) is 23.6 Å². The molecule has 9 saturated heterocycles. The first kappa shape index (κ1) is 93.9. The molecule has 28 N–H and O–H groups in total. The van der Waals surface area contributed by atoms with E-state index in [1.165, 1.54) is 0 Å². The van der Waals surface area contributed by atoms with Crippen LogP contribution in [0.4, 0.5) is 0 Å². The molecule has 0 radical (unpaired) electrons. The number of hydrogen-bond acceptors (Lipinski definition) is 45. The fraction of sp³-hybridized carbons (Fsp3) is 0.941. The van der Waals surface area contributed by atoms with Crippen molar-refractivity contribution in [3.63, 3.8) is 0 Å². The number of carbonyl (C=O) groups excluding carboxylic acids is 4. The number of nitrogens with one attached hydrogen (secondary N) is 4. The molecule has 45 unspecified atom stereocenters. The fourth-order valence-corrected chi connectivity index (χ4v) is 17.0. The van der Waals surface area contributed by atoms with E-state index in [1.807, 2.05) is 0 Å². The van der Waals surface area contributed by atoms with E-state index in [0.717, 1.165) is 27.7 Å². The average molecular weight is 1710 g/mol. The van der Waals surface area contributed by atoms with Crippen molar-refractivity contribution in [3.8, 4) is 0 Å². The van der Waals surface area contributed by atoms with Gasteiger partial charge in [0.05, 0.1) is 94.6 Å². The molecule has 11 aliphatic rings. The van der Waals surface area contributed by atoms with Gasteiger partial charge in [0.25, 0.3) is 0 Å². The van der Waals surface area contributed by atoms with Crippen LogP contribution in [0, 0.1) is 17.3 Å². The molecule has 9 aliphatic heterocycles. The monoisotopic (exact) mass is 1700 g/mol. The molecule has 2 aliphatic carbocycles. The summed E-state index contributed by atoms with van der Waals surface area (Å²) in [5.74, 6) is -11.1. The van der Waals surface area contributed by atoms with Crippen LogP contribution < -0.4 is 21.3 Å². The highest BCUT2D eigenvalue weighted by atomic mass is 16.8. The van der Waals surface area contributed by atoms with Gasteiger partial charge in [-0.25, -0.2) is 0 Å². The van der Waals surface area contributed by atoms with E-state index in [9.17, 15) is 142 Å². The lowest BCUT2D eigenvalue weighted by molar-refractivity contribution is -0.412. The highest BCUT2D eigenvalue weighted by Gasteiger charge is 2.67. The predicted molar refractivity (Wildman–Crippen MR) is 365 cm³/mol. The highest BCUT2D eigenvalue weighted by Crippen LogP contribution is 2.49. The number of carbonyl (C=O) groups is 4. The zero-order chi connectivity index (χ0) is 86.0. The predicted octanol–water partition coefficient (Wildman–Crippen LogP) is -17.3. The van der Waals surface area contributed by atoms with Crippen LogP contribution in [0.2, 0.25) is 0 Å². The van der Waals surface area contributed by atoms with Crippen LogP contribution >= 0.6 is 0 Å². The molecular weight excluding hydrogens is 1590 g/mol. The summed E-state index contributed by atoms with van der Waals surface area (Å²) in [6.45, 7) is 1.57. The van der Waals surface area contributed by atoms with Crippen molar-refractivity contribution in [2.75, 3.05) is 46.2 Å². The molecule has 0 spiro atoms. The van der Waals surface area contributed by atoms with E-state index in [1.54, 1.807) is 20.8 Å². The topological polar surface area (TPSA) is 759 Å². The lowest BCUT2D eigenvalue weighted by atomic mass is 9.69. The minimum atomic E-state index is -2.55. The molecule has 0 aromatic heterocycles. The quantitative estimate of drug-likeness (QED) is 0.0340. The first-order valence-electron chi connectivity index (χ1n) is 38.2. The summed E-state index contributed by atoms with van der Waals surface area (Å²) in [5, 5.41) is 280. The molecule has 0 bridgehead atoms. The maximum Gasteiger partial charge on any atom is 0.217 e. The number of amides is 4. The zero-order valence-corrected chi connectivity index (χ0v) is 64.2. The minimum Gasteiger partial charge on any atom is -0.394 e. The van der Waals surface area contributed by atoms with Crippen LogP contribution in [0.25, 0.3) is 0 Å². The third kappa shape index (κ3) is 19.4. The van der Waals surface area contributed by atoms with E-state index in [0.29, 0.717) is 0 Å². The van der Waals surface area contributed by atoms with Gasteiger partial charge in [-0.15, -0.1) is 0 Å². The molecule has 11 fully saturated rings. The van der Waals surface area contributed by atoms with Crippen LogP contribution in [0.1, 0.15) is 61.3 Å². The Morgan fingerprint density at radius 1 is 0.308 bits per heavy atom. The normalized spacial score (nSPS) is 49.1. The van der Waals surface area contributed by atoms with E-state index >= 15 is 0 Å². The SMILES string of the molecule is CC(=O)NC1C(OC2C(OCC3OC(OC4C(CO)OC(OC5C(CO)OC(C(C)(C)C)C(NC(C)=O)C5O)C(NC(C)=O)C4O)C(O)C(OC4OC(CO)C(O)C(O)C4OC4OC(CO)C(OC5OC6CC(O)(O)C6C(O)C5O)C(O)C4NC(C)=O)C3O)OC(CO)C(O)C2O)OC(CO)C(OC2OC3CC(O)(O)C3C(O)C2O)C1O. The molecule has 2 saturated carbocycles. The Bertz CT molecular complexity index is 3290. The molecule has 49 nitrogen and oxygen atoms in total. The van der Waals surface area contributed by atoms with Crippen molar-refractivity contribution in [2.45, 2.75) is 337 Å². The van der Waals surface area contributed by atoms with Gasteiger partial charge in [-0.3, -0.25) is 19.2 Å². The van der Waals surface area contributed by atoms with Gasteiger partial charge in [-0.05, 0) is 5.41 Å². The van der Waals surface area contributed by atoms with E-state index in [2.05, 4.69) is 21.3 Å². The third-order valence-electron chi connectivity index (χ3n) is 23.0. The van der Waals surface area contributed by atoms with E-state index < -0.39 is 375 Å². The van der Waals surface area contributed by atoms with Crippen LogP contribution in [-0.2, 0) is 99.7 Å². The largest absolute Gasteiger partial charge is 0.394 e. The van der Waals surface area contributed by atoms with E-state index in [4.69, 9.17) is 80.5 Å². The summed E-state index contributed by atoms with van der Waals surface area (Å²) in [7, 11) is 0. The van der Waals surface area contributed by atoms with Crippen LogP contribution in [0.5, 0.6) is 0 Å². The molecule has 117 heavy (non-hydrogen) atoms. The average Bonchev–Trinajstić information content (AvgIpc) is 0.731. The van der Waals surface area contributed by atoms with Gasteiger partial charge in [0.15, 0.2) is 61.9 Å². The van der Waals surface area contributed by atoms with E-state index in [-0.39, 0.29) is 0 Å². The van der Waals surface area contributed by atoms with Crippen LogP contribution in [0.15, 0.2) is 0 Å². The minimum absolute atomic E-state index is 0.460. The second kappa shape index (κ2) is 38.0. The van der Waals surface area contributed by atoms with Gasteiger partial charge in [-0.2, -0.15) is 0 Å². The van der Waals surface area contributed by atoms with Crippen molar-refractivity contribution < 1.29 is 222 Å². The molecule has 0 aromatic rings. The molecular formula is C68H112N4O45. The first-order chi connectivity index (χ1) is 54.9. The Morgan fingerprint density at radius 3 is 0.949 bits per heavy atom. The maximum absolute atomic E-state index is 13.2. The summed E-state index contributed by atoms with van der Waals surface area (Å²) >= 11 is 0. The first-order valence-corrected chi connectivity index (χ1v) is 38.2. The number of fused-ring (bicyclic) bond motifs is 2. The van der Waals surface area contributed by atoms with Gasteiger partial charge in [-0.1, -0.05) is 20.8 Å². The Hall–Kier alpha value is -3.76. The molecule has 11 rings (SSSR count). The summed E-state index contributed by atoms with van der Waals surface area (Å²) < 4.78 is 103. The zero-order valence-electron chi connectivity index (χ0n) is 64.2. The standard InChI is InChI=1S/C68H112N4O45/c1-17(79)69-32-41(88)50(25(12-75)102-57(32)66(5,6)7)111-58-33(70-18(2)80)42(89)53(28(15-78)107-58)114-63-49(96)54(115-65-56(46(93)37(84)24(11-74)106-65)117-60-35(72-20(4)82)44(91)52(27(14-77)109-60)113-62-48(95)40(87)31-22(104-62)9-68(31,99)100)38(85)29(110-63)16-101-64-55(45(92)36(83)23(10-73)105-64)116-59-34(71-19(3)81)43(90)51(26(13-76)108-59)112-61-47(94)39(86)30-21(103-61)8-67(30,97)98/h21-65,73-78,83-100H,8-16H2,1-7H3,(H,69,79)(H,70,80)(H,71,81)(H,72,82). The molecule has 9 heterocycles.